The monoisotopic (exact) mass is 261 g/mol. The van der Waals surface area contributed by atoms with Crippen LogP contribution in [-0.4, -0.2) is 11.4 Å². The fourth-order valence-corrected chi connectivity index (χ4v) is 2.20. The summed E-state index contributed by atoms with van der Waals surface area (Å²) in [5.74, 6) is -0.736. The Bertz CT molecular complexity index is 559. The summed E-state index contributed by atoms with van der Waals surface area (Å²) < 4.78 is 13.6. The Kier molecular flexibility index (Phi) is 3.54. The second kappa shape index (κ2) is 4.98. The van der Waals surface area contributed by atoms with Crippen molar-refractivity contribution in [1.82, 2.24) is 0 Å². The number of carbonyl (C=O) groups is 1. The second-order valence-corrected chi connectivity index (χ2v) is 5.18. The molecule has 0 saturated heterocycles. The van der Waals surface area contributed by atoms with E-state index in [0.717, 1.165) is 25.3 Å². The summed E-state index contributed by atoms with van der Waals surface area (Å²) in [6.45, 7) is 1.56. The number of halogens is 1. The Balaban J connectivity index is 2.12. The Hall–Kier alpha value is -1.93. The van der Waals surface area contributed by atoms with E-state index in [4.69, 9.17) is 11.0 Å². The number of nitrogens with two attached hydrogens (primary N) is 1. The van der Waals surface area contributed by atoms with Crippen LogP contribution in [0.3, 0.4) is 0 Å². The second-order valence-electron chi connectivity index (χ2n) is 5.18. The zero-order valence-corrected chi connectivity index (χ0v) is 10.8. The molecule has 0 bridgehead atoms. The van der Waals surface area contributed by atoms with Gasteiger partial charge in [-0.15, -0.1) is 0 Å². The molecule has 1 fully saturated rings. The summed E-state index contributed by atoms with van der Waals surface area (Å²) in [4.78, 5) is 11.9. The van der Waals surface area contributed by atoms with Crippen LogP contribution in [0.4, 0.5) is 10.1 Å². The number of nitriles is 1. The maximum Gasteiger partial charge on any atom is 0.226 e. The van der Waals surface area contributed by atoms with Gasteiger partial charge in [-0.3, -0.25) is 4.79 Å². The topological polar surface area (TPSA) is 78.9 Å². The first kappa shape index (κ1) is 13.5. The molecule has 0 heterocycles. The first-order chi connectivity index (χ1) is 8.93. The van der Waals surface area contributed by atoms with Crippen molar-refractivity contribution in [2.45, 2.75) is 38.1 Å². The minimum atomic E-state index is -0.500. The summed E-state index contributed by atoms with van der Waals surface area (Å²) in [5.41, 5.74) is 6.43. The predicted octanol–water partition coefficient (Wildman–Crippen LogP) is 2.22. The molecule has 1 aromatic rings. The molecule has 2 rings (SSSR count). The number of nitrogens with zero attached hydrogens (tertiary/aromatic N) is 1. The molecule has 0 atom stereocenters. The third-order valence-electron chi connectivity index (χ3n) is 3.61. The van der Waals surface area contributed by atoms with E-state index in [2.05, 4.69) is 5.32 Å². The SMILES string of the molecule is Cc1c(F)cc(C#N)cc1NC(=O)CC1(N)CCC1. The molecule has 4 nitrogen and oxygen atoms in total. The van der Waals surface area contributed by atoms with Crippen LogP contribution in [0.2, 0.25) is 0 Å². The molecule has 1 saturated carbocycles. The van der Waals surface area contributed by atoms with Gasteiger partial charge in [-0.2, -0.15) is 5.26 Å². The quantitative estimate of drug-likeness (QED) is 0.875. The molecule has 1 aromatic carbocycles. The number of amides is 1. The van der Waals surface area contributed by atoms with Crippen molar-refractivity contribution in [2.24, 2.45) is 5.73 Å². The van der Waals surface area contributed by atoms with Crippen molar-refractivity contribution in [2.75, 3.05) is 5.32 Å². The van der Waals surface area contributed by atoms with Crippen LogP contribution in [0.1, 0.15) is 36.8 Å². The Morgan fingerprint density at radius 3 is 2.79 bits per heavy atom. The molecule has 3 N–H and O–H groups in total. The number of carbonyl (C=O) groups excluding carboxylic acids is 1. The molecule has 0 radical (unpaired) electrons. The third kappa shape index (κ3) is 2.91. The van der Waals surface area contributed by atoms with Crippen LogP contribution >= 0.6 is 0 Å². The fraction of sp³-hybridized carbons (Fsp3) is 0.429. The first-order valence-electron chi connectivity index (χ1n) is 6.22. The molecule has 1 aliphatic carbocycles. The highest BCUT2D eigenvalue weighted by atomic mass is 19.1. The van der Waals surface area contributed by atoms with Crippen LogP contribution in [0.5, 0.6) is 0 Å². The summed E-state index contributed by atoms with van der Waals surface area (Å²) in [5, 5.41) is 11.4. The lowest BCUT2D eigenvalue weighted by atomic mass is 9.75. The molecular weight excluding hydrogens is 245 g/mol. The van der Waals surface area contributed by atoms with E-state index in [1.807, 2.05) is 6.07 Å². The highest BCUT2D eigenvalue weighted by Gasteiger charge is 2.34. The van der Waals surface area contributed by atoms with Gasteiger partial charge in [0.05, 0.1) is 11.6 Å². The van der Waals surface area contributed by atoms with Crippen molar-refractivity contribution < 1.29 is 9.18 Å². The predicted molar refractivity (Wildman–Crippen MR) is 69.9 cm³/mol. The Labute approximate surface area is 111 Å². The first-order valence-corrected chi connectivity index (χ1v) is 6.22. The molecule has 1 aliphatic rings. The molecule has 1 amide bonds. The van der Waals surface area contributed by atoms with E-state index >= 15 is 0 Å². The van der Waals surface area contributed by atoms with E-state index in [9.17, 15) is 9.18 Å². The van der Waals surface area contributed by atoms with Crippen molar-refractivity contribution in [3.05, 3.63) is 29.1 Å². The van der Waals surface area contributed by atoms with Crippen LogP contribution in [0.15, 0.2) is 12.1 Å². The van der Waals surface area contributed by atoms with Crippen LogP contribution in [0.25, 0.3) is 0 Å². The Morgan fingerprint density at radius 1 is 1.58 bits per heavy atom. The fourth-order valence-electron chi connectivity index (χ4n) is 2.20. The van der Waals surface area contributed by atoms with Gasteiger partial charge in [0.25, 0.3) is 0 Å². The molecule has 100 valence electrons. The summed E-state index contributed by atoms with van der Waals surface area (Å²) in [6, 6.07) is 4.49. The van der Waals surface area contributed by atoms with Gasteiger partial charge in [-0.05, 0) is 38.3 Å². The van der Waals surface area contributed by atoms with Crippen molar-refractivity contribution >= 4 is 11.6 Å². The minimum absolute atomic E-state index is 0.185. The van der Waals surface area contributed by atoms with E-state index in [1.165, 1.54) is 6.07 Å². The van der Waals surface area contributed by atoms with Gasteiger partial charge < -0.3 is 11.1 Å². The van der Waals surface area contributed by atoms with E-state index < -0.39 is 11.4 Å². The van der Waals surface area contributed by atoms with Crippen LogP contribution < -0.4 is 11.1 Å². The lowest BCUT2D eigenvalue weighted by molar-refractivity contribution is -0.118. The van der Waals surface area contributed by atoms with Crippen molar-refractivity contribution in [3.63, 3.8) is 0 Å². The molecule has 0 spiro atoms. The Morgan fingerprint density at radius 2 is 2.26 bits per heavy atom. The summed E-state index contributed by atoms with van der Waals surface area (Å²) in [7, 11) is 0. The van der Waals surface area contributed by atoms with Gasteiger partial charge in [0.15, 0.2) is 0 Å². The van der Waals surface area contributed by atoms with Crippen molar-refractivity contribution in [3.8, 4) is 6.07 Å². The smallest absolute Gasteiger partial charge is 0.226 e. The normalized spacial score (nSPS) is 16.3. The maximum absolute atomic E-state index is 13.6. The van der Waals surface area contributed by atoms with Crippen LogP contribution in [-0.2, 0) is 4.79 Å². The zero-order valence-electron chi connectivity index (χ0n) is 10.8. The average molecular weight is 261 g/mol. The van der Waals surface area contributed by atoms with Gasteiger partial charge in [0.1, 0.15) is 5.82 Å². The van der Waals surface area contributed by atoms with Gasteiger partial charge in [-0.25, -0.2) is 4.39 Å². The molecule has 0 aliphatic heterocycles. The third-order valence-corrected chi connectivity index (χ3v) is 3.61. The summed E-state index contributed by atoms with van der Waals surface area (Å²) >= 11 is 0. The van der Waals surface area contributed by atoms with Gasteiger partial charge >= 0.3 is 0 Å². The van der Waals surface area contributed by atoms with E-state index in [0.29, 0.717) is 11.3 Å². The standard InChI is InChI=1S/C14H16FN3O/c1-9-11(15)5-10(8-16)6-12(9)18-13(19)7-14(17)3-2-4-14/h5-6H,2-4,7,17H2,1H3,(H,18,19). The molecule has 0 unspecified atom stereocenters. The molecule has 5 heteroatoms. The van der Waals surface area contributed by atoms with E-state index in [1.54, 1.807) is 6.92 Å². The number of benzene rings is 1. The number of hydrogen-bond acceptors (Lipinski definition) is 3. The largest absolute Gasteiger partial charge is 0.326 e. The number of nitrogens with one attached hydrogen (secondary N) is 1. The van der Waals surface area contributed by atoms with Crippen molar-refractivity contribution in [1.29, 1.82) is 5.26 Å². The lowest BCUT2D eigenvalue weighted by Gasteiger charge is -2.37. The van der Waals surface area contributed by atoms with E-state index in [-0.39, 0.29) is 17.9 Å². The summed E-state index contributed by atoms with van der Waals surface area (Å²) in [6.07, 6.45) is 2.95. The maximum atomic E-state index is 13.6. The number of anilines is 1. The highest BCUT2D eigenvalue weighted by molar-refractivity contribution is 5.92. The van der Waals surface area contributed by atoms with Gasteiger partial charge in [0, 0.05) is 23.2 Å². The zero-order chi connectivity index (χ0) is 14.0. The molecule has 0 aromatic heterocycles. The minimum Gasteiger partial charge on any atom is -0.326 e. The van der Waals surface area contributed by atoms with Gasteiger partial charge in [-0.1, -0.05) is 0 Å². The van der Waals surface area contributed by atoms with Gasteiger partial charge in [0.2, 0.25) is 5.91 Å². The molecular formula is C14H16FN3O. The average Bonchev–Trinajstić information content (AvgIpc) is 2.32. The number of rotatable bonds is 3. The molecule has 19 heavy (non-hydrogen) atoms. The number of hydrogen-bond donors (Lipinski definition) is 2. The van der Waals surface area contributed by atoms with Crippen LogP contribution in [0, 0.1) is 24.1 Å². The highest BCUT2D eigenvalue weighted by Crippen LogP contribution is 2.32. The lowest BCUT2D eigenvalue weighted by Crippen LogP contribution is -2.48.